The number of hydrogen-bond donors (Lipinski definition) is 0. The highest BCUT2D eigenvalue weighted by molar-refractivity contribution is 7.99. The zero-order valence-corrected chi connectivity index (χ0v) is 22.6. The minimum absolute atomic E-state index is 0.0862. The molecule has 202 valence electrons. The van der Waals surface area contributed by atoms with Crippen LogP contribution in [0.25, 0.3) is 5.82 Å². The van der Waals surface area contributed by atoms with Gasteiger partial charge >= 0.3 is 6.03 Å². The minimum atomic E-state index is -0.568. The zero-order valence-electron chi connectivity index (χ0n) is 21.8. The van der Waals surface area contributed by atoms with Gasteiger partial charge in [-0.2, -0.15) is 20.4 Å². The van der Waals surface area contributed by atoms with Crippen LogP contribution >= 0.6 is 11.8 Å². The van der Waals surface area contributed by atoms with E-state index < -0.39 is 17.7 Å². The van der Waals surface area contributed by atoms with Gasteiger partial charge in [0.2, 0.25) is 5.95 Å². The van der Waals surface area contributed by atoms with Gasteiger partial charge in [0, 0.05) is 38.8 Å². The van der Waals surface area contributed by atoms with Crippen LogP contribution in [0.5, 0.6) is 0 Å². The lowest BCUT2D eigenvalue weighted by molar-refractivity contribution is 0.139. The topological polar surface area (TPSA) is 107 Å². The van der Waals surface area contributed by atoms with E-state index >= 15 is 0 Å². The van der Waals surface area contributed by atoms with Crippen LogP contribution in [0.2, 0.25) is 0 Å². The van der Waals surface area contributed by atoms with Crippen molar-refractivity contribution in [1.82, 2.24) is 29.7 Å². The van der Waals surface area contributed by atoms with Gasteiger partial charge in [-0.1, -0.05) is 6.92 Å². The van der Waals surface area contributed by atoms with Crippen LogP contribution in [0.4, 0.5) is 19.5 Å². The first-order valence-corrected chi connectivity index (χ1v) is 13.6. The van der Waals surface area contributed by atoms with Gasteiger partial charge in [-0.15, -0.1) is 11.8 Å². The molecule has 4 heterocycles. The monoisotopic (exact) mass is 551 g/mol. The van der Waals surface area contributed by atoms with Gasteiger partial charge in [-0.25, -0.2) is 28.3 Å². The van der Waals surface area contributed by atoms with Gasteiger partial charge in [0.1, 0.15) is 5.82 Å². The zero-order chi connectivity index (χ0) is 27.7. The fourth-order valence-electron chi connectivity index (χ4n) is 4.83. The van der Waals surface area contributed by atoms with E-state index in [0.29, 0.717) is 44.1 Å². The number of anilines is 1. The fraction of sp³-hybridized carbons (Fsp3) is 0.385. The number of carbonyl (C=O) groups excluding carboxylic acids is 1. The summed E-state index contributed by atoms with van der Waals surface area (Å²) in [5.74, 6) is 0.220. The third kappa shape index (κ3) is 5.16. The highest BCUT2D eigenvalue weighted by Gasteiger charge is 2.34. The molecule has 0 radical (unpaired) electrons. The van der Waals surface area contributed by atoms with Crippen molar-refractivity contribution in [1.29, 1.82) is 5.26 Å². The molecule has 39 heavy (non-hydrogen) atoms. The molecule has 0 N–H and O–H groups in total. The Morgan fingerprint density at radius 3 is 2.67 bits per heavy atom. The molecule has 2 amide bonds. The molecule has 0 spiro atoms. The van der Waals surface area contributed by atoms with Gasteiger partial charge in [0.15, 0.2) is 11.6 Å². The summed E-state index contributed by atoms with van der Waals surface area (Å²) in [5, 5.41) is 19.3. The molecule has 0 aliphatic carbocycles. The van der Waals surface area contributed by atoms with Gasteiger partial charge in [-0.05, 0) is 43.4 Å². The predicted octanol–water partition coefficient (Wildman–Crippen LogP) is 4.22. The number of urea groups is 1. The number of piperazine rings is 1. The Bertz CT molecular complexity index is 1480. The minimum Gasteiger partial charge on any atom is -0.337 e. The summed E-state index contributed by atoms with van der Waals surface area (Å²) in [6.45, 7) is 7.45. The largest absolute Gasteiger partial charge is 0.341 e. The molecule has 0 saturated carbocycles. The molecular weight excluding hydrogens is 524 g/mol. The fourth-order valence-corrected chi connectivity index (χ4v) is 5.66. The lowest BCUT2D eigenvalue weighted by Crippen LogP contribution is -2.52. The van der Waals surface area contributed by atoms with Crippen LogP contribution < -0.4 is 4.90 Å². The number of amides is 2. The number of carbonyl (C=O) groups is 1. The van der Waals surface area contributed by atoms with Crippen molar-refractivity contribution in [3.63, 3.8) is 0 Å². The standard InChI is InChI=1S/C26H27F2N9OS/c1-4-39-23-16(2)33-36(17(23)3)24-21(28)15-30-25(32-24)34-7-9-35(10-8-34)26(38)37-22(5-6-31-37)19-11-18(14-29)12-20(27)13-19/h6,11-13,15,22H,4-5,7-10H2,1-3H3. The summed E-state index contributed by atoms with van der Waals surface area (Å²) in [7, 11) is 0. The van der Waals surface area contributed by atoms with E-state index in [-0.39, 0.29) is 17.4 Å². The number of hydrazone groups is 1. The molecule has 1 unspecified atom stereocenters. The number of nitrogens with zero attached hydrogens (tertiary/aromatic N) is 9. The second-order valence-electron chi connectivity index (χ2n) is 9.22. The van der Waals surface area contributed by atoms with E-state index in [9.17, 15) is 18.8 Å². The van der Waals surface area contributed by atoms with Crippen molar-refractivity contribution in [2.24, 2.45) is 5.10 Å². The lowest BCUT2D eigenvalue weighted by atomic mass is 10.0. The number of aryl methyl sites for hydroxylation is 1. The molecule has 1 saturated heterocycles. The second kappa shape index (κ2) is 11.0. The van der Waals surface area contributed by atoms with E-state index in [2.05, 4.69) is 27.1 Å². The van der Waals surface area contributed by atoms with Crippen LogP contribution in [0.15, 0.2) is 34.4 Å². The SMILES string of the molecule is CCSc1c(C)nn(-c2nc(N3CCN(C(=O)N4N=CCC4c4cc(F)cc(C#N)c4)CC3)ncc2F)c1C. The molecule has 2 aromatic heterocycles. The number of hydrogen-bond acceptors (Lipinski definition) is 8. The Labute approximate surface area is 228 Å². The van der Waals surface area contributed by atoms with Crippen molar-refractivity contribution < 1.29 is 13.6 Å². The van der Waals surface area contributed by atoms with Crippen LogP contribution in [-0.2, 0) is 0 Å². The highest BCUT2D eigenvalue weighted by atomic mass is 32.2. The van der Waals surface area contributed by atoms with Crippen LogP contribution in [0.1, 0.15) is 41.9 Å². The number of rotatable bonds is 5. The molecule has 10 nitrogen and oxygen atoms in total. The number of benzene rings is 1. The lowest BCUT2D eigenvalue weighted by Gasteiger charge is -2.37. The summed E-state index contributed by atoms with van der Waals surface area (Å²) >= 11 is 1.65. The van der Waals surface area contributed by atoms with E-state index in [1.165, 1.54) is 15.8 Å². The Morgan fingerprint density at radius 2 is 1.95 bits per heavy atom. The Morgan fingerprint density at radius 1 is 1.18 bits per heavy atom. The van der Waals surface area contributed by atoms with Crippen molar-refractivity contribution >= 4 is 30.0 Å². The van der Waals surface area contributed by atoms with Crippen molar-refractivity contribution in [2.75, 3.05) is 36.8 Å². The Balaban J connectivity index is 1.29. The van der Waals surface area contributed by atoms with Gasteiger partial charge in [-0.3, -0.25) is 0 Å². The first-order chi connectivity index (χ1) is 18.8. The molecule has 13 heteroatoms. The van der Waals surface area contributed by atoms with E-state index in [1.807, 2.05) is 24.8 Å². The molecule has 0 bridgehead atoms. The molecule has 2 aliphatic rings. The number of halogens is 2. The third-order valence-corrected chi connectivity index (χ3v) is 7.89. The van der Waals surface area contributed by atoms with Gasteiger partial charge in [0.05, 0.1) is 40.2 Å². The van der Waals surface area contributed by atoms with Gasteiger partial charge in [0.25, 0.3) is 0 Å². The van der Waals surface area contributed by atoms with Crippen molar-refractivity contribution in [3.8, 4) is 11.9 Å². The molecule has 1 atom stereocenters. The maximum atomic E-state index is 14.8. The van der Waals surface area contributed by atoms with Crippen molar-refractivity contribution in [2.45, 2.75) is 38.1 Å². The molecular formula is C26H27F2N9OS. The quantitative estimate of drug-likeness (QED) is 0.437. The summed E-state index contributed by atoms with van der Waals surface area (Å²) < 4.78 is 30.4. The number of thioether (sulfide) groups is 1. The predicted molar refractivity (Wildman–Crippen MR) is 143 cm³/mol. The van der Waals surface area contributed by atoms with E-state index in [1.54, 1.807) is 28.9 Å². The normalized spacial score (nSPS) is 17.1. The summed E-state index contributed by atoms with van der Waals surface area (Å²) in [6.07, 6.45) is 3.19. The van der Waals surface area contributed by atoms with Crippen LogP contribution in [0, 0.1) is 36.8 Å². The molecule has 2 aliphatic heterocycles. The smallest absolute Gasteiger partial charge is 0.337 e. The Hall–Kier alpha value is -4.05. The maximum absolute atomic E-state index is 14.8. The average Bonchev–Trinajstić information content (AvgIpc) is 3.54. The molecule has 5 rings (SSSR count). The van der Waals surface area contributed by atoms with E-state index in [0.717, 1.165) is 34.3 Å². The first kappa shape index (κ1) is 26.6. The Kier molecular flexibility index (Phi) is 7.47. The highest BCUT2D eigenvalue weighted by Crippen LogP contribution is 2.31. The average molecular weight is 552 g/mol. The number of nitriles is 1. The van der Waals surface area contributed by atoms with Gasteiger partial charge < -0.3 is 9.80 Å². The molecule has 3 aromatic rings. The summed E-state index contributed by atoms with van der Waals surface area (Å²) in [5.41, 5.74) is 2.35. The van der Waals surface area contributed by atoms with Crippen LogP contribution in [-0.4, -0.2) is 73.8 Å². The number of aromatic nitrogens is 4. The molecule has 1 aromatic carbocycles. The van der Waals surface area contributed by atoms with Crippen molar-refractivity contribution in [3.05, 3.63) is 58.5 Å². The summed E-state index contributed by atoms with van der Waals surface area (Å²) in [6, 6.07) is 5.22. The first-order valence-electron chi connectivity index (χ1n) is 12.6. The third-order valence-electron chi connectivity index (χ3n) is 6.72. The second-order valence-corrected chi connectivity index (χ2v) is 10.5. The maximum Gasteiger partial charge on any atom is 0.341 e. The van der Waals surface area contributed by atoms with Crippen LogP contribution in [0.3, 0.4) is 0 Å². The van der Waals surface area contributed by atoms with E-state index in [4.69, 9.17) is 0 Å². The summed E-state index contributed by atoms with van der Waals surface area (Å²) in [4.78, 5) is 26.6. The molecule has 1 fully saturated rings.